The Morgan fingerprint density at radius 3 is 3.06 bits per heavy atom. The average molecular weight is 244 g/mol. The zero-order valence-corrected chi connectivity index (χ0v) is 9.91. The first-order valence-corrected chi connectivity index (χ1v) is 5.14. The van der Waals surface area contributed by atoms with Gasteiger partial charge in [0.05, 0.1) is 23.6 Å². The molecule has 1 heterocycles. The van der Waals surface area contributed by atoms with E-state index in [1.165, 1.54) is 12.3 Å². The highest BCUT2D eigenvalue weighted by molar-refractivity contribution is 6.29. The summed E-state index contributed by atoms with van der Waals surface area (Å²) >= 11 is 5.68. The molecule has 0 aliphatic heterocycles. The summed E-state index contributed by atoms with van der Waals surface area (Å²) in [7, 11) is 1.58. The number of ether oxygens (including phenoxy) is 1. The van der Waals surface area contributed by atoms with Crippen molar-refractivity contribution in [2.75, 3.05) is 19.4 Å². The number of pyridine rings is 1. The van der Waals surface area contributed by atoms with Gasteiger partial charge in [-0.15, -0.1) is 0 Å². The van der Waals surface area contributed by atoms with Crippen LogP contribution in [0.1, 0.15) is 17.3 Å². The summed E-state index contributed by atoms with van der Waals surface area (Å²) < 4.78 is 5.01. The van der Waals surface area contributed by atoms with E-state index >= 15 is 0 Å². The number of halogens is 1. The SMILES string of the molecule is COC(C)CNC(=O)c1cc(Cl)ncc1N. The molecule has 1 aromatic heterocycles. The van der Waals surface area contributed by atoms with Crippen LogP contribution in [0.2, 0.25) is 5.15 Å². The Kier molecular flexibility index (Phi) is 4.52. The maximum Gasteiger partial charge on any atom is 0.253 e. The Morgan fingerprint density at radius 2 is 2.44 bits per heavy atom. The lowest BCUT2D eigenvalue weighted by Gasteiger charge is -2.11. The van der Waals surface area contributed by atoms with E-state index in [9.17, 15) is 4.79 Å². The molecular weight excluding hydrogens is 230 g/mol. The summed E-state index contributed by atoms with van der Waals surface area (Å²) in [5, 5.41) is 2.92. The van der Waals surface area contributed by atoms with E-state index in [4.69, 9.17) is 22.1 Å². The molecular formula is C10H14ClN3O2. The number of aromatic nitrogens is 1. The Hall–Kier alpha value is -1.33. The van der Waals surface area contributed by atoms with E-state index in [0.29, 0.717) is 17.8 Å². The largest absolute Gasteiger partial charge is 0.397 e. The van der Waals surface area contributed by atoms with E-state index in [1.54, 1.807) is 7.11 Å². The van der Waals surface area contributed by atoms with Crippen LogP contribution in [0, 0.1) is 0 Å². The van der Waals surface area contributed by atoms with Crippen LogP contribution in [0.15, 0.2) is 12.3 Å². The fourth-order valence-electron chi connectivity index (χ4n) is 1.05. The zero-order chi connectivity index (χ0) is 12.1. The lowest BCUT2D eigenvalue weighted by Crippen LogP contribution is -2.32. The summed E-state index contributed by atoms with van der Waals surface area (Å²) in [6.07, 6.45) is 1.30. The first kappa shape index (κ1) is 12.7. The molecule has 16 heavy (non-hydrogen) atoms. The maximum absolute atomic E-state index is 11.7. The standard InChI is InChI=1S/C10H14ClN3O2/c1-6(16-2)4-14-10(15)7-3-9(11)13-5-8(7)12/h3,5-6H,4,12H2,1-2H3,(H,14,15). The molecule has 1 aromatic rings. The fourth-order valence-corrected chi connectivity index (χ4v) is 1.21. The number of rotatable bonds is 4. The van der Waals surface area contributed by atoms with Gasteiger partial charge in [-0.25, -0.2) is 4.98 Å². The van der Waals surface area contributed by atoms with Crippen molar-refractivity contribution in [1.29, 1.82) is 0 Å². The summed E-state index contributed by atoms with van der Waals surface area (Å²) in [6.45, 7) is 2.26. The zero-order valence-electron chi connectivity index (χ0n) is 9.16. The molecule has 0 bridgehead atoms. The van der Waals surface area contributed by atoms with Gasteiger partial charge in [0, 0.05) is 13.7 Å². The second-order valence-electron chi connectivity index (χ2n) is 3.35. The van der Waals surface area contributed by atoms with Gasteiger partial charge in [0.15, 0.2) is 0 Å². The van der Waals surface area contributed by atoms with Crippen molar-refractivity contribution in [1.82, 2.24) is 10.3 Å². The molecule has 0 spiro atoms. The third-order valence-electron chi connectivity index (χ3n) is 2.10. The van der Waals surface area contributed by atoms with Gasteiger partial charge >= 0.3 is 0 Å². The maximum atomic E-state index is 11.7. The summed E-state index contributed by atoms with van der Waals surface area (Å²) in [6, 6.07) is 1.43. The molecule has 0 aromatic carbocycles. The van der Waals surface area contributed by atoms with Crippen molar-refractivity contribution in [3.63, 3.8) is 0 Å². The molecule has 0 aliphatic rings. The molecule has 5 nitrogen and oxygen atoms in total. The summed E-state index contributed by atoms with van der Waals surface area (Å²) in [5.74, 6) is -0.286. The van der Waals surface area contributed by atoms with Crippen LogP contribution < -0.4 is 11.1 Å². The van der Waals surface area contributed by atoms with Gasteiger partial charge in [-0.3, -0.25) is 4.79 Å². The molecule has 6 heteroatoms. The normalized spacial score (nSPS) is 12.2. The molecule has 1 rings (SSSR count). The second kappa shape index (κ2) is 5.67. The number of nitrogens with zero attached hydrogens (tertiary/aromatic N) is 1. The Morgan fingerprint density at radius 1 is 1.75 bits per heavy atom. The lowest BCUT2D eigenvalue weighted by molar-refractivity contribution is 0.0871. The van der Waals surface area contributed by atoms with Crippen molar-refractivity contribution in [2.24, 2.45) is 0 Å². The predicted octanol–water partition coefficient (Wildman–Crippen LogP) is 1.08. The highest BCUT2D eigenvalue weighted by Gasteiger charge is 2.11. The third kappa shape index (κ3) is 3.36. The first-order chi connectivity index (χ1) is 7.54. The van der Waals surface area contributed by atoms with Crippen LogP contribution in [-0.2, 0) is 4.74 Å². The van der Waals surface area contributed by atoms with E-state index in [-0.39, 0.29) is 17.2 Å². The van der Waals surface area contributed by atoms with Crippen molar-refractivity contribution in [3.8, 4) is 0 Å². The lowest BCUT2D eigenvalue weighted by atomic mass is 10.2. The number of amides is 1. The minimum atomic E-state index is -0.286. The molecule has 0 fully saturated rings. The Labute approximate surface area is 98.9 Å². The quantitative estimate of drug-likeness (QED) is 0.776. The summed E-state index contributed by atoms with van der Waals surface area (Å²) in [5.41, 5.74) is 6.24. The highest BCUT2D eigenvalue weighted by Crippen LogP contribution is 2.14. The van der Waals surface area contributed by atoms with Crippen LogP contribution in [0.5, 0.6) is 0 Å². The van der Waals surface area contributed by atoms with Crippen molar-refractivity contribution < 1.29 is 9.53 Å². The third-order valence-corrected chi connectivity index (χ3v) is 2.31. The number of nitrogens with two attached hydrogens (primary N) is 1. The van der Waals surface area contributed by atoms with E-state index in [1.807, 2.05) is 6.92 Å². The van der Waals surface area contributed by atoms with Crippen LogP contribution in [0.25, 0.3) is 0 Å². The van der Waals surface area contributed by atoms with Crippen molar-refractivity contribution in [3.05, 3.63) is 23.0 Å². The molecule has 1 amide bonds. The van der Waals surface area contributed by atoms with Gasteiger partial charge in [-0.05, 0) is 13.0 Å². The van der Waals surface area contributed by atoms with Gasteiger partial charge in [0.25, 0.3) is 5.91 Å². The topological polar surface area (TPSA) is 77.2 Å². The Bertz CT molecular complexity index is 384. The van der Waals surface area contributed by atoms with E-state index in [0.717, 1.165) is 0 Å². The van der Waals surface area contributed by atoms with Gasteiger partial charge in [0.2, 0.25) is 0 Å². The number of hydrogen-bond donors (Lipinski definition) is 2. The highest BCUT2D eigenvalue weighted by atomic mass is 35.5. The smallest absolute Gasteiger partial charge is 0.253 e. The number of carbonyl (C=O) groups is 1. The summed E-state index contributed by atoms with van der Waals surface area (Å²) in [4.78, 5) is 15.5. The van der Waals surface area contributed by atoms with Crippen molar-refractivity contribution in [2.45, 2.75) is 13.0 Å². The fraction of sp³-hybridized carbons (Fsp3) is 0.400. The van der Waals surface area contributed by atoms with Gasteiger partial charge in [0.1, 0.15) is 5.15 Å². The number of nitrogens with one attached hydrogen (secondary N) is 1. The minimum absolute atomic E-state index is 0.0533. The first-order valence-electron chi connectivity index (χ1n) is 4.76. The number of methoxy groups -OCH3 is 1. The monoisotopic (exact) mass is 243 g/mol. The number of carbonyl (C=O) groups excluding carboxylic acids is 1. The number of hydrogen-bond acceptors (Lipinski definition) is 4. The van der Waals surface area contributed by atoms with Gasteiger partial charge in [-0.2, -0.15) is 0 Å². The van der Waals surface area contributed by atoms with Gasteiger partial charge < -0.3 is 15.8 Å². The molecule has 1 atom stereocenters. The molecule has 0 aliphatic carbocycles. The molecule has 1 unspecified atom stereocenters. The van der Waals surface area contributed by atoms with Crippen LogP contribution >= 0.6 is 11.6 Å². The second-order valence-corrected chi connectivity index (χ2v) is 3.74. The predicted molar refractivity (Wildman–Crippen MR) is 62.5 cm³/mol. The molecule has 0 saturated heterocycles. The van der Waals surface area contributed by atoms with E-state index < -0.39 is 0 Å². The van der Waals surface area contributed by atoms with Gasteiger partial charge in [-0.1, -0.05) is 11.6 Å². The molecule has 88 valence electrons. The molecule has 0 saturated carbocycles. The molecule has 3 N–H and O–H groups in total. The van der Waals surface area contributed by atoms with Crippen molar-refractivity contribution >= 4 is 23.2 Å². The minimum Gasteiger partial charge on any atom is -0.397 e. The number of nitrogen functional groups attached to an aromatic ring is 1. The van der Waals surface area contributed by atoms with Crippen LogP contribution in [0.4, 0.5) is 5.69 Å². The Balaban J connectivity index is 2.69. The average Bonchev–Trinajstić information content (AvgIpc) is 2.28. The molecule has 0 radical (unpaired) electrons. The number of anilines is 1. The van der Waals surface area contributed by atoms with Crippen LogP contribution in [0.3, 0.4) is 0 Å². The van der Waals surface area contributed by atoms with Crippen LogP contribution in [-0.4, -0.2) is 30.6 Å². The van der Waals surface area contributed by atoms with E-state index in [2.05, 4.69) is 10.3 Å².